The van der Waals surface area contributed by atoms with Crippen molar-refractivity contribution in [1.82, 2.24) is 10.1 Å². The Kier molecular flexibility index (Phi) is 7.16. The van der Waals surface area contributed by atoms with E-state index in [1.165, 1.54) is 31.4 Å². The second kappa shape index (κ2) is 9.36. The van der Waals surface area contributed by atoms with Gasteiger partial charge < -0.3 is 4.74 Å². The average molecular weight is 329 g/mol. The van der Waals surface area contributed by atoms with Crippen molar-refractivity contribution in [3.8, 4) is 0 Å². The highest BCUT2D eigenvalue weighted by molar-refractivity contribution is 6.11. The molecule has 2 rings (SSSR count). The summed E-state index contributed by atoms with van der Waals surface area (Å²) in [6.07, 6.45) is 6.02. The van der Waals surface area contributed by atoms with Crippen LogP contribution in [-0.4, -0.2) is 36.0 Å². The molecule has 0 N–H and O–H groups in total. The van der Waals surface area contributed by atoms with E-state index in [1.807, 2.05) is 6.07 Å². The number of unbranched alkanes of at least 4 members (excludes halogenated alkanes) is 3. The minimum atomic E-state index is 0.847. The molecule has 0 saturated heterocycles. The summed E-state index contributed by atoms with van der Waals surface area (Å²) in [6.45, 7) is 8.30. The summed E-state index contributed by atoms with van der Waals surface area (Å²) in [5.74, 6) is 0.921. The number of methoxy groups -OCH3 is 1. The third kappa shape index (κ3) is 4.11. The number of hydrogen-bond donors (Lipinski definition) is 0. The molecule has 0 radical (unpaired) electrons. The Hall–Kier alpha value is -1.97. The number of rotatable bonds is 9. The molecule has 1 aliphatic rings. The first-order valence-electron chi connectivity index (χ1n) is 9.23. The lowest BCUT2D eigenvalue weighted by Crippen LogP contribution is -2.43. The van der Waals surface area contributed by atoms with E-state index in [0.717, 1.165) is 36.5 Å². The third-order valence-electron chi connectivity index (χ3n) is 4.38. The van der Waals surface area contributed by atoms with E-state index in [4.69, 9.17) is 9.84 Å². The van der Waals surface area contributed by atoms with Crippen LogP contribution in [0.4, 0.5) is 0 Å². The molecule has 1 aromatic rings. The first-order valence-corrected chi connectivity index (χ1v) is 9.23. The van der Waals surface area contributed by atoms with Crippen molar-refractivity contribution in [3.05, 3.63) is 47.4 Å². The van der Waals surface area contributed by atoms with Crippen molar-refractivity contribution in [2.75, 3.05) is 20.2 Å². The number of hydrazine groups is 1. The summed E-state index contributed by atoms with van der Waals surface area (Å²) < 4.78 is 5.83. The highest BCUT2D eigenvalue weighted by Crippen LogP contribution is 2.28. The van der Waals surface area contributed by atoms with E-state index in [0.29, 0.717) is 0 Å². The van der Waals surface area contributed by atoms with Crippen LogP contribution in [0.25, 0.3) is 0 Å². The molecule has 24 heavy (non-hydrogen) atoms. The standard InChI is InChI=1S/C20H31N3O/c1-5-8-9-13-16-18-20(24-4)19(17-14-11-10-12-15-17)21-23(7-3)22(18)6-2/h10-12,14-15H,5-9,13,16H2,1-4H3. The normalized spacial score (nSPS) is 14.9. The summed E-state index contributed by atoms with van der Waals surface area (Å²) in [7, 11) is 1.76. The zero-order valence-corrected chi connectivity index (χ0v) is 15.6. The first-order chi connectivity index (χ1) is 11.8. The molecule has 1 aromatic carbocycles. The second-order valence-corrected chi connectivity index (χ2v) is 6.01. The van der Waals surface area contributed by atoms with Gasteiger partial charge in [-0.05, 0) is 26.7 Å². The average Bonchev–Trinajstić information content (AvgIpc) is 2.64. The lowest BCUT2D eigenvalue weighted by atomic mass is 10.0. The van der Waals surface area contributed by atoms with Crippen molar-refractivity contribution < 1.29 is 4.74 Å². The molecule has 0 fully saturated rings. The number of allylic oxidation sites excluding steroid dienone is 2. The minimum Gasteiger partial charge on any atom is -0.492 e. The van der Waals surface area contributed by atoms with Gasteiger partial charge >= 0.3 is 0 Å². The lowest BCUT2D eigenvalue weighted by Gasteiger charge is -2.39. The van der Waals surface area contributed by atoms with E-state index < -0.39 is 0 Å². The molecule has 0 amide bonds. The van der Waals surface area contributed by atoms with E-state index in [9.17, 15) is 0 Å². The largest absolute Gasteiger partial charge is 0.492 e. The molecule has 4 nitrogen and oxygen atoms in total. The third-order valence-corrected chi connectivity index (χ3v) is 4.38. The molecule has 0 unspecified atom stereocenters. The highest BCUT2D eigenvalue weighted by Gasteiger charge is 2.28. The number of hydrazone groups is 1. The van der Waals surface area contributed by atoms with Gasteiger partial charge in [0.1, 0.15) is 5.71 Å². The molecular formula is C20H31N3O. The molecule has 0 aliphatic carbocycles. The van der Waals surface area contributed by atoms with Crippen LogP contribution in [0, 0.1) is 0 Å². The van der Waals surface area contributed by atoms with Gasteiger partial charge in [0.05, 0.1) is 19.4 Å². The molecule has 0 aromatic heterocycles. The molecule has 0 bridgehead atoms. The maximum atomic E-state index is 5.83. The predicted molar refractivity (Wildman–Crippen MR) is 101 cm³/mol. The van der Waals surface area contributed by atoms with Crippen molar-refractivity contribution in [2.24, 2.45) is 5.10 Å². The SMILES string of the molecule is CCCCCCC1=C(OC)C(c2ccccc2)=NN(CC)N1CC. The van der Waals surface area contributed by atoms with Crippen LogP contribution in [-0.2, 0) is 4.74 Å². The fraction of sp³-hybridized carbons (Fsp3) is 0.550. The Morgan fingerprint density at radius 1 is 0.958 bits per heavy atom. The van der Waals surface area contributed by atoms with Gasteiger partial charge in [0.15, 0.2) is 5.76 Å². The summed E-state index contributed by atoms with van der Waals surface area (Å²) in [5, 5.41) is 9.19. The monoisotopic (exact) mass is 329 g/mol. The van der Waals surface area contributed by atoms with E-state index in [-0.39, 0.29) is 0 Å². The van der Waals surface area contributed by atoms with E-state index >= 15 is 0 Å². The predicted octanol–water partition coefficient (Wildman–Crippen LogP) is 4.79. The number of nitrogens with zero attached hydrogens (tertiary/aromatic N) is 3. The van der Waals surface area contributed by atoms with Crippen LogP contribution in [0.15, 0.2) is 46.9 Å². The second-order valence-electron chi connectivity index (χ2n) is 6.01. The summed E-state index contributed by atoms with van der Waals surface area (Å²) in [4.78, 5) is 0. The van der Waals surface area contributed by atoms with Crippen LogP contribution < -0.4 is 0 Å². The van der Waals surface area contributed by atoms with E-state index in [2.05, 4.69) is 55.2 Å². The lowest BCUT2D eigenvalue weighted by molar-refractivity contribution is 0.00552. The Bertz CT molecular complexity index is 566. The molecule has 4 heteroatoms. The Morgan fingerprint density at radius 3 is 2.29 bits per heavy atom. The minimum absolute atomic E-state index is 0.847. The molecule has 132 valence electrons. The van der Waals surface area contributed by atoms with Gasteiger partial charge in [-0.25, -0.2) is 5.12 Å². The van der Waals surface area contributed by atoms with Crippen molar-refractivity contribution in [1.29, 1.82) is 0 Å². The molecule has 0 saturated carbocycles. The quantitative estimate of drug-likeness (QED) is 0.610. The zero-order chi connectivity index (χ0) is 17.4. The van der Waals surface area contributed by atoms with Crippen LogP contribution in [0.5, 0.6) is 0 Å². The van der Waals surface area contributed by atoms with Crippen LogP contribution in [0.1, 0.15) is 58.4 Å². The van der Waals surface area contributed by atoms with E-state index in [1.54, 1.807) is 7.11 Å². The summed E-state index contributed by atoms with van der Waals surface area (Å²) in [5.41, 5.74) is 3.30. The van der Waals surface area contributed by atoms with Gasteiger partial charge in [0, 0.05) is 12.1 Å². The van der Waals surface area contributed by atoms with Crippen LogP contribution >= 0.6 is 0 Å². The molecule has 1 aliphatic heterocycles. The maximum absolute atomic E-state index is 5.83. The fourth-order valence-electron chi connectivity index (χ4n) is 3.16. The molecular weight excluding hydrogens is 298 g/mol. The van der Waals surface area contributed by atoms with Gasteiger partial charge in [0.2, 0.25) is 0 Å². The van der Waals surface area contributed by atoms with Gasteiger partial charge in [0.25, 0.3) is 0 Å². The zero-order valence-electron chi connectivity index (χ0n) is 15.6. The maximum Gasteiger partial charge on any atom is 0.167 e. The van der Waals surface area contributed by atoms with Crippen molar-refractivity contribution >= 4 is 5.71 Å². The van der Waals surface area contributed by atoms with Crippen LogP contribution in [0.2, 0.25) is 0 Å². The van der Waals surface area contributed by atoms with Crippen molar-refractivity contribution in [3.63, 3.8) is 0 Å². The van der Waals surface area contributed by atoms with Gasteiger partial charge in [-0.2, -0.15) is 5.10 Å². The van der Waals surface area contributed by atoms with Crippen LogP contribution in [0.3, 0.4) is 0 Å². The highest BCUT2D eigenvalue weighted by atomic mass is 16.5. The molecule has 0 spiro atoms. The summed E-state index contributed by atoms with van der Waals surface area (Å²) in [6, 6.07) is 10.3. The van der Waals surface area contributed by atoms with Crippen molar-refractivity contribution in [2.45, 2.75) is 52.9 Å². The first kappa shape index (κ1) is 18.4. The Balaban J connectivity index is 2.37. The Morgan fingerprint density at radius 2 is 1.71 bits per heavy atom. The molecule has 1 heterocycles. The van der Waals surface area contributed by atoms with Gasteiger partial charge in [-0.3, -0.25) is 5.01 Å². The summed E-state index contributed by atoms with van der Waals surface area (Å²) >= 11 is 0. The Labute approximate surface area is 146 Å². The number of ether oxygens (including phenoxy) is 1. The number of benzene rings is 1. The topological polar surface area (TPSA) is 28.1 Å². The van der Waals surface area contributed by atoms with Gasteiger partial charge in [-0.15, -0.1) is 0 Å². The number of hydrogen-bond acceptors (Lipinski definition) is 4. The smallest absolute Gasteiger partial charge is 0.167 e. The molecule has 0 atom stereocenters. The van der Waals surface area contributed by atoms with Gasteiger partial charge in [-0.1, -0.05) is 56.5 Å². The fourth-order valence-corrected chi connectivity index (χ4v) is 3.16.